The van der Waals surface area contributed by atoms with Gasteiger partial charge in [0.1, 0.15) is 5.69 Å². The molecule has 0 bridgehead atoms. The maximum atomic E-state index is 5.82. The zero-order valence-corrected chi connectivity index (χ0v) is 8.39. The average Bonchev–Trinajstić information content (AvgIpc) is 2.46. The summed E-state index contributed by atoms with van der Waals surface area (Å²) < 4.78 is 5.06. The second-order valence-electron chi connectivity index (χ2n) is 2.40. The van der Waals surface area contributed by atoms with Crippen LogP contribution in [0.1, 0.15) is 5.69 Å². The van der Waals surface area contributed by atoms with E-state index in [9.17, 15) is 0 Å². The lowest BCUT2D eigenvalue weighted by Crippen LogP contribution is -1.75. The minimum absolute atomic E-state index is 0.681. The van der Waals surface area contributed by atoms with Gasteiger partial charge in [-0.1, -0.05) is 32.7 Å². The first kappa shape index (κ1) is 8.08. The van der Waals surface area contributed by atoms with Crippen LogP contribution in [0.3, 0.4) is 0 Å². The summed E-state index contributed by atoms with van der Waals surface area (Å²) in [6.45, 7) is 0. The lowest BCUT2D eigenvalue weighted by Gasteiger charge is -1.89. The molecule has 0 saturated carbocycles. The molecule has 0 amide bonds. The molecule has 2 aromatic rings. The summed E-state index contributed by atoms with van der Waals surface area (Å²) in [5.74, 6) is 0. The number of hydrogen-bond donors (Lipinski definition) is 0. The molecule has 0 radical (unpaired) electrons. The Morgan fingerprint density at radius 1 is 1.50 bits per heavy atom. The number of fused-ring (bicyclic) bond motifs is 1. The smallest absolute Gasteiger partial charge is 0.167 e. The fourth-order valence-corrected chi connectivity index (χ4v) is 1.63. The summed E-state index contributed by atoms with van der Waals surface area (Å²) in [5, 5.41) is 6.23. The minimum atomic E-state index is 0.681. The van der Waals surface area contributed by atoms with Gasteiger partial charge in [0.25, 0.3) is 0 Å². The van der Waals surface area contributed by atoms with E-state index in [0.29, 0.717) is 10.4 Å². The van der Waals surface area contributed by atoms with Gasteiger partial charge in [0.2, 0.25) is 0 Å². The van der Waals surface area contributed by atoms with Crippen LogP contribution in [0.4, 0.5) is 0 Å². The zero-order valence-electron chi connectivity index (χ0n) is 6.05. The Morgan fingerprint density at radius 2 is 2.33 bits per heavy atom. The number of aromatic nitrogens is 1. The van der Waals surface area contributed by atoms with Crippen molar-refractivity contribution in [3.63, 3.8) is 0 Å². The molecule has 0 aliphatic heterocycles. The van der Waals surface area contributed by atoms with Crippen LogP contribution in [-0.2, 0) is 5.33 Å². The first-order chi connectivity index (χ1) is 5.81. The van der Waals surface area contributed by atoms with Crippen LogP contribution in [0.2, 0.25) is 5.02 Å². The molecule has 2 nitrogen and oxygen atoms in total. The zero-order chi connectivity index (χ0) is 8.55. The lowest BCUT2D eigenvalue weighted by molar-refractivity contribution is 0.450. The lowest BCUT2D eigenvalue weighted by atomic mass is 10.2. The largest absolute Gasteiger partial charge is 0.356 e. The molecule has 4 heteroatoms. The van der Waals surface area contributed by atoms with Crippen LogP contribution in [0.25, 0.3) is 11.0 Å². The van der Waals surface area contributed by atoms with Crippen molar-refractivity contribution in [2.24, 2.45) is 0 Å². The summed E-state index contributed by atoms with van der Waals surface area (Å²) in [6, 6.07) is 5.45. The van der Waals surface area contributed by atoms with Crippen molar-refractivity contribution < 1.29 is 4.52 Å². The first-order valence-electron chi connectivity index (χ1n) is 3.41. The van der Waals surface area contributed by atoms with Crippen LogP contribution in [0, 0.1) is 0 Å². The van der Waals surface area contributed by atoms with Gasteiger partial charge in [-0.25, -0.2) is 0 Å². The summed E-state index contributed by atoms with van der Waals surface area (Å²) in [5.41, 5.74) is 1.65. The highest BCUT2D eigenvalue weighted by Gasteiger charge is 2.06. The van der Waals surface area contributed by atoms with Gasteiger partial charge in [0.15, 0.2) is 5.58 Å². The molecular formula is C8H5BrClNO. The van der Waals surface area contributed by atoms with Crippen molar-refractivity contribution in [1.82, 2.24) is 5.16 Å². The molecule has 0 N–H and O–H groups in total. The van der Waals surface area contributed by atoms with E-state index in [1.165, 1.54) is 0 Å². The number of hydrogen-bond acceptors (Lipinski definition) is 2. The van der Waals surface area contributed by atoms with E-state index in [1.807, 2.05) is 12.1 Å². The van der Waals surface area contributed by atoms with E-state index in [-0.39, 0.29) is 0 Å². The van der Waals surface area contributed by atoms with E-state index in [1.54, 1.807) is 6.07 Å². The standard InChI is InChI=1S/C8H5BrClNO/c9-4-7-6-3-5(10)1-2-8(6)12-11-7/h1-3H,4H2. The van der Waals surface area contributed by atoms with E-state index in [0.717, 1.165) is 16.7 Å². The molecule has 0 spiro atoms. The second-order valence-corrected chi connectivity index (χ2v) is 3.40. The number of halogens is 2. The Balaban J connectivity index is 2.75. The number of rotatable bonds is 1. The number of alkyl halides is 1. The molecular weight excluding hydrogens is 241 g/mol. The molecule has 0 fully saturated rings. The Hall–Kier alpha value is -0.540. The van der Waals surface area contributed by atoms with Gasteiger partial charge in [-0.05, 0) is 18.2 Å². The van der Waals surface area contributed by atoms with Gasteiger partial charge in [-0.2, -0.15) is 0 Å². The summed E-state index contributed by atoms with van der Waals surface area (Å²) in [7, 11) is 0. The summed E-state index contributed by atoms with van der Waals surface area (Å²) in [6.07, 6.45) is 0. The Bertz CT molecular complexity index is 412. The monoisotopic (exact) mass is 245 g/mol. The highest BCUT2D eigenvalue weighted by atomic mass is 79.9. The van der Waals surface area contributed by atoms with E-state index < -0.39 is 0 Å². The molecule has 0 atom stereocenters. The molecule has 1 aromatic heterocycles. The van der Waals surface area contributed by atoms with Gasteiger partial charge >= 0.3 is 0 Å². The molecule has 0 aliphatic carbocycles. The van der Waals surface area contributed by atoms with E-state index in [4.69, 9.17) is 16.1 Å². The summed E-state index contributed by atoms with van der Waals surface area (Å²) >= 11 is 9.14. The Kier molecular flexibility index (Phi) is 2.07. The van der Waals surface area contributed by atoms with Crippen LogP contribution in [0.5, 0.6) is 0 Å². The molecule has 1 aromatic carbocycles. The van der Waals surface area contributed by atoms with Crippen molar-refractivity contribution in [2.45, 2.75) is 5.33 Å². The molecule has 0 aliphatic rings. The SMILES string of the molecule is Clc1ccc2onc(CBr)c2c1. The predicted molar refractivity (Wildman–Crippen MR) is 51.7 cm³/mol. The average molecular weight is 246 g/mol. The van der Waals surface area contributed by atoms with Crippen LogP contribution >= 0.6 is 27.5 Å². The Morgan fingerprint density at radius 3 is 3.08 bits per heavy atom. The van der Waals surface area contributed by atoms with Crippen molar-refractivity contribution >= 4 is 38.5 Å². The fraction of sp³-hybridized carbons (Fsp3) is 0.125. The van der Waals surface area contributed by atoms with Crippen molar-refractivity contribution in [3.05, 3.63) is 28.9 Å². The number of benzene rings is 1. The van der Waals surface area contributed by atoms with Crippen LogP contribution < -0.4 is 0 Å². The highest BCUT2D eigenvalue weighted by Crippen LogP contribution is 2.23. The van der Waals surface area contributed by atoms with Crippen LogP contribution in [-0.4, -0.2) is 5.16 Å². The normalized spacial score (nSPS) is 10.8. The van der Waals surface area contributed by atoms with Gasteiger partial charge < -0.3 is 4.52 Å². The highest BCUT2D eigenvalue weighted by molar-refractivity contribution is 9.08. The third-order valence-corrected chi connectivity index (χ3v) is 2.40. The molecule has 0 saturated heterocycles. The quantitative estimate of drug-likeness (QED) is 0.721. The summed E-state index contributed by atoms with van der Waals surface area (Å²) in [4.78, 5) is 0. The van der Waals surface area contributed by atoms with Crippen molar-refractivity contribution in [2.75, 3.05) is 0 Å². The molecule has 12 heavy (non-hydrogen) atoms. The first-order valence-corrected chi connectivity index (χ1v) is 4.91. The second kappa shape index (κ2) is 3.07. The third kappa shape index (κ3) is 1.23. The molecule has 62 valence electrons. The van der Waals surface area contributed by atoms with Crippen molar-refractivity contribution in [3.8, 4) is 0 Å². The van der Waals surface area contributed by atoms with E-state index in [2.05, 4.69) is 21.1 Å². The van der Waals surface area contributed by atoms with Gasteiger partial charge in [0, 0.05) is 15.7 Å². The molecule has 2 rings (SSSR count). The molecule has 1 heterocycles. The predicted octanol–water partition coefficient (Wildman–Crippen LogP) is 3.38. The molecule has 0 unspecified atom stereocenters. The van der Waals surface area contributed by atoms with Gasteiger partial charge in [0.05, 0.1) is 0 Å². The maximum absolute atomic E-state index is 5.82. The van der Waals surface area contributed by atoms with Gasteiger partial charge in [-0.3, -0.25) is 0 Å². The number of nitrogens with zero attached hydrogens (tertiary/aromatic N) is 1. The topological polar surface area (TPSA) is 26.0 Å². The minimum Gasteiger partial charge on any atom is -0.356 e. The maximum Gasteiger partial charge on any atom is 0.167 e. The fourth-order valence-electron chi connectivity index (χ4n) is 1.06. The van der Waals surface area contributed by atoms with Crippen molar-refractivity contribution in [1.29, 1.82) is 0 Å². The van der Waals surface area contributed by atoms with E-state index >= 15 is 0 Å². The van der Waals surface area contributed by atoms with Crippen LogP contribution in [0.15, 0.2) is 22.7 Å². The third-order valence-electron chi connectivity index (χ3n) is 1.63. The van der Waals surface area contributed by atoms with Gasteiger partial charge in [-0.15, -0.1) is 0 Å². The Labute approximate surface area is 82.6 Å².